The van der Waals surface area contributed by atoms with Gasteiger partial charge in [0.15, 0.2) is 0 Å². The summed E-state index contributed by atoms with van der Waals surface area (Å²) in [5.41, 5.74) is 9.09. The van der Waals surface area contributed by atoms with Gasteiger partial charge in [0.2, 0.25) is 5.76 Å². The fraction of sp³-hybridized carbons (Fsp3) is 0.500. The van der Waals surface area contributed by atoms with Gasteiger partial charge in [-0.05, 0) is 75.5 Å². The van der Waals surface area contributed by atoms with E-state index in [1.807, 2.05) is 12.1 Å². The Morgan fingerprint density at radius 1 is 1.42 bits per heavy atom. The van der Waals surface area contributed by atoms with Crippen molar-refractivity contribution in [2.24, 2.45) is 22.6 Å². The summed E-state index contributed by atoms with van der Waals surface area (Å²) in [7, 11) is 5.56. The minimum Gasteiger partial charge on any atom is -0.463 e. The zero-order valence-corrected chi connectivity index (χ0v) is 15.5. The molecule has 138 valence electrons. The SMILES string of the molecule is COC(=O)c1cc2c3c(ccc2o1)N=C(N)C1C(CCCN(C)C)CC31. The maximum absolute atomic E-state index is 11.8. The van der Waals surface area contributed by atoms with Crippen LogP contribution in [0.1, 0.15) is 41.3 Å². The highest BCUT2D eigenvalue weighted by atomic mass is 16.5. The number of carbonyl (C=O) groups excluding carboxylic acids is 1. The topological polar surface area (TPSA) is 81.1 Å². The molecule has 6 nitrogen and oxygen atoms in total. The first-order chi connectivity index (χ1) is 12.5. The molecule has 1 aromatic heterocycles. The predicted molar refractivity (Wildman–Crippen MR) is 101 cm³/mol. The van der Waals surface area contributed by atoms with E-state index in [1.54, 1.807) is 6.07 Å². The molecule has 0 radical (unpaired) electrons. The van der Waals surface area contributed by atoms with Gasteiger partial charge in [-0.2, -0.15) is 0 Å². The van der Waals surface area contributed by atoms with Gasteiger partial charge in [0, 0.05) is 11.3 Å². The van der Waals surface area contributed by atoms with E-state index in [0.29, 0.717) is 23.3 Å². The van der Waals surface area contributed by atoms with E-state index in [9.17, 15) is 4.79 Å². The van der Waals surface area contributed by atoms with Crippen LogP contribution < -0.4 is 5.73 Å². The smallest absolute Gasteiger partial charge is 0.373 e. The second-order valence-corrected chi connectivity index (χ2v) is 7.62. The predicted octanol–water partition coefficient (Wildman–Crippen LogP) is 3.28. The summed E-state index contributed by atoms with van der Waals surface area (Å²) in [6, 6.07) is 5.57. The Hall–Kier alpha value is -2.34. The Morgan fingerprint density at radius 2 is 2.23 bits per heavy atom. The van der Waals surface area contributed by atoms with Gasteiger partial charge >= 0.3 is 5.97 Å². The summed E-state index contributed by atoms with van der Waals surface area (Å²) in [6.07, 6.45) is 3.45. The van der Waals surface area contributed by atoms with E-state index < -0.39 is 5.97 Å². The lowest BCUT2D eigenvalue weighted by Crippen LogP contribution is -2.45. The lowest BCUT2D eigenvalue weighted by molar-refractivity contribution is 0.0567. The molecule has 1 saturated carbocycles. The van der Waals surface area contributed by atoms with Crippen LogP contribution in [0, 0.1) is 11.8 Å². The number of methoxy groups -OCH3 is 1. The monoisotopic (exact) mass is 355 g/mol. The van der Waals surface area contributed by atoms with Crippen LogP contribution in [0.5, 0.6) is 0 Å². The molecule has 1 aliphatic carbocycles. The van der Waals surface area contributed by atoms with E-state index in [2.05, 4.69) is 24.0 Å². The first-order valence-corrected chi connectivity index (χ1v) is 9.13. The molecule has 0 bridgehead atoms. The molecule has 6 heteroatoms. The van der Waals surface area contributed by atoms with E-state index in [1.165, 1.54) is 25.5 Å². The van der Waals surface area contributed by atoms with Crippen LogP contribution in [-0.2, 0) is 4.74 Å². The molecule has 2 N–H and O–H groups in total. The minimum absolute atomic E-state index is 0.233. The molecule has 4 rings (SSSR count). The second-order valence-electron chi connectivity index (χ2n) is 7.62. The van der Waals surface area contributed by atoms with Crippen molar-refractivity contribution in [3.63, 3.8) is 0 Å². The summed E-state index contributed by atoms with van der Waals surface area (Å²) in [5, 5.41) is 0.959. The van der Waals surface area contributed by atoms with E-state index in [0.717, 1.165) is 29.9 Å². The third kappa shape index (κ3) is 2.69. The van der Waals surface area contributed by atoms with E-state index in [-0.39, 0.29) is 5.76 Å². The van der Waals surface area contributed by atoms with Crippen LogP contribution in [0.15, 0.2) is 27.6 Å². The largest absolute Gasteiger partial charge is 0.463 e. The molecule has 0 amide bonds. The quantitative estimate of drug-likeness (QED) is 0.833. The maximum atomic E-state index is 11.8. The van der Waals surface area contributed by atoms with Crippen LogP contribution in [0.4, 0.5) is 5.69 Å². The zero-order valence-electron chi connectivity index (χ0n) is 15.5. The van der Waals surface area contributed by atoms with Crippen LogP contribution >= 0.6 is 0 Å². The molecule has 2 aliphatic rings. The summed E-state index contributed by atoms with van der Waals surface area (Å²) in [6.45, 7) is 1.09. The van der Waals surface area contributed by atoms with Crippen molar-refractivity contribution in [1.29, 1.82) is 0 Å². The van der Waals surface area contributed by atoms with Crippen molar-refractivity contribution in [1.82, 2.24) is 4.90 Å². The molecular weight excluding hydrogens is 330 g/mol. The standard InChI is InChI=1S/C20H25N3O3/c1-23(2)8-4-5-11-9-13-17(11)19(21)22-14-6-7-15-12(18(13)14)10-16(26-15)20(24)25-3/h6-7,10-11,13,17H,4-5,8-9H2,1-3H3,(H2,21,22). The van der Waals surface area contributed by atoms with Crippen LogP contribution in [0.3, 0.4) is 0 Å². The third-order valence-electron chi connectivity index (χ3n) is 5.75. The number of nitrogens with zero attached hydrogens (tertiary/aromatic N) is 2. The first-order valence-electron chi connectivity index (χ1n) is 9.13. The number of carbonyl (C=O) groups is 1. The molecule has 1 aliphatic heterocycles. The molecule has 0 spiro atoms. The Morgan fingerprint density at radius 3 is 2.96 bits per heavy atom. The lowest BCUT2D eigenvalue weighted by atomic mass is 9.58. The van der Waals surface area contributed by atoms with Crippen molar-refractivity contribution < 1.29 is 13.9 Å². The molecule has 1 fully saturated rings. The molecule has 26 heavy (non-hydrogen) atoms. The number of furan rings is 1. The second kappa shape index (κ2) is 6.43. The van der Waals surface area contributed by atoms with Crippen LogP contribution in [0.2, 0.25) is 0 Å². The average Bonchev–Trinajstić information content (AvgIpc) is 3.01. The number of esters is 1. The summed E-state index contributed by atoms with van der Waals surface area (Å²) >= 11 is 0. The normalized spacial score (nSPS) is 24.0. The molecular formula is C20H25N3O3. The maximum Gasteiger partial charge on any atom is 0.373 e. The van der Waals surface area contributed by atoms with Gasteiger partial charge in [0.25, 0.3) is 0 Å². The Kier molecular flexibility index (Phi) is 4.23. The van der Waals surface area contributed by atoms with Crippen molar-refractivity contribution in [2.75, 3.05) is 27.7 Å². The van der Waals surface area contributed by atoms with Gasteiger partial charge in [-0.3, -0.25) is 0 Å². The van der Waals surface area contributed by atoms with Crippen molar-refractivity contribution in [2.45, 2.75) is 25.2 Å². The molecule has 2 heterocycles. The molecule has 1 aromatic carbocycles. The third-order valence-corrected chi connectivity index (χ3v) is 5.75. The van der Waals surface area contributed by atoms with Gasteiger partial charge in [-0.15, -0.1) is 0 Å². The summed E-state index contributed by atoms with van der Waals surface area (Å²) in [4.78, 5) is 18.7. The number of hydrogen-bond donors (Lipinski definition) is 1. The average molecular weight is 355 g/mol. The van der Waals surface area contributed by atoms with Gasteiger partial charge in [0.05, 0.1) is 12.8 Å². The fourth-order valence-corrected chi connectivity index (χ4v) is 4.49. The highest BCUT2D eigenvalue weighted by molar-refractivity contribution is 5.99. The number of ether oxygens (including phenoxy) is 1. The molecule has 3 atom stereocenters. The number of fused-ring (bicyclic) bond motifs is 5. The van der Waals surface area contributed by atoms with Gasteiger partial charge < -0.3 is 19.8 Å². The Balaban J connectivity index is 1.64. The number of benzene rings is 1. The zero-order chi connectivity index (χ0) is 18.4. The van der Waals surface area contributed by atoms with E-state index in [4.69, 9.17) is 14.9 Å². The molecule has 2 aromatic rings. The van der Waals surface area contributed by atoms with Crippen molar-refractivity contribution in [3.05, 3.63) is 29.5 Å². The first kappa shape index (κ1) is 17.1. The molecule has 0 saturated heterocycles. The molecule has 3 unspecified atom stereocenters. The number of amidine groups is 1. The van der Waals surface area contributed by atoms with E-state index >= 15 is 0 Å². The number of hydrogen-bond acceptors (Lipinski definition) is 6. The Bertz CT molecular complexity index is 884. The van der Waals surface area contributed by atoms with Gasteiger partial charge in [-0.25, -0.2) is 9.79 Å². The minimum atomic E-state index is -0.458. The number of rotatable bonds is 5. The summed E-state index contributed by atoms with van der Waals surface area (Å²) < 4.78 is 10.5. The Labute approximate surface area is 153 Å². The fourth-order valence-electron chi connectivity index (χ4n) is 4.49. The highest BCUT2D eigenvalue weighted by Crippen LogP contribution is 2.56. The van der Waals surface area contributed by atoms with Gasteiger partial charge in [0.1, 0.15) is 11.4 Å². The van der Waals surface area contributed by atoms with Crippen molar-refractivity contribution >= 4 is 28.5 Å². The van der Waals surface area contributed by atoms with Gasteiger partial charge in [-0.1, -0.05) is 0 Å². The van der Waals surface area contributed by atoms with Crippen LogP contribution in [0.25, 0.3) is 11.0 Å². The van der Waals surface area contributed by atoms with Crippen LogP contribution in [-0.4, -0.2) is 44.5 Å². The number of nitrogens with two attached hydrogens (primary N) is 1. The highest BCUT2D eigenvalue weighted by Gasteiger charge is 2.47. The number of aliphatic imine (C=N–C) groups is 1. The lowest BCUT2D eigenvalue weighted by Gasteiger charge is -2.47. The van der Waals surface area contributed by atoms with Crippen molar-refractivity contribution in [3.8, 4) is 0 Å². The summed E-state index contributed by atoms with van der Waals surface area (Å²) in [5.74, 6) is 1.77.